The predicted octanol–water partition coefficient (Wildman–Crippen LogP) is 1.17. The monoisotopic (exact) mass is 335 g/mol. The molecular formula is C12H14ClNO6S. The van der Waals surface area contributed by atoms with E-state index in [-0.39, 0.29) is 17.2 Å². The standard InChI is InChI=1S/C12H14ClNO6S/c1-7(11(15)14(2)3)20-9-5-4-8(12(16)17)6-10(9)21(13,18)19/h4-7H,1-3H3,(H,16,17). The van der Waals surface area contributed by atoms with E-state index in [4.69, 9.17) is 20.5 Å². The Hall–Kier alpha value is -1.80. The second-order valence-electron chi connectivity index (χ2n) is 4.40. The van der Waals surface area contributed by atoms with Crippen molar-refractivity contribution in [2.45, 2.75) is 17.9 Å². The quantitative estimate of drug-likeness (QED) is 0.810. The van der Waals surface area contributed by atoms with E-state index < -0.39 is 26.0 Å². The average molecular weight is 336 g/mol. The van der Waals surface area contributed by atoms with Crippen LogP contribution >= 0.6 is 10.7 Å². The van der Waals surface area contributed by atoms with Crippen molar-refractivity contribution in [3.63, 3.8) is 0 Å². The number of likely N-dealkylation sites (N-methyl/N-ethyl adjacent to an activating group) is 1. The van der Waals surface area contributed by atoms with Crippen molar-refractivity contribution in [3.05, 3.63) is 23.8 Å². The Bertz CT molecular complexity index is 670. The number of nitrogens with zero attached hydrogens (tertiary/aromatic N) is 1. The number of halogens is 1. The number of carboxylic acid groups (broad SMARTS) is 1. The Morgan fingerprint density at radius 3 is 2.33 bits per heavy atom. The highest BCUT2D eigenvalue weighted by Gasteiger charge is 2.23. The highest BCUT2D eigenvalue weighted by Crippen LogP contribution is 2.29. The summed E-state index contributed by atoms with van der Waals surface area (Å²) in [5, 5.41) is 8.87. The molecule has 0 fully saturated rings. The van der Waals surface area contributed by atoms with E-state index in [1.54, 1.807) is 0 Å². The molecule has 1 aromatic carbocycles. The van der Waals surface area contributed by atoms with Gasteiger partial charge in [-0.25, -0.2) is 13.2 Å². The van der Waals surface area contributed by atoms with Crippen molar-refractivity contribution < 1.29 is 27.9 Å². The molecule has 1 unspecified atom stereocenters. The summed E-state index contributed by atoms with van der Waals surface area (Å²) in [6, 6.07) is 3.20. The minimum Gasteiger partial charge on any atom is -0.479 e. The molecule has 0 spiro atoms. The fraction of sp³-hybridized carbons (Fsp3) is 0.333. The van der Waals surface area contributed by atoms with Crippen LogP contribution in [0.15, 0.2) is 23.1 Å². The first-order chi connectivity index (χ1) is 9.54. The minimum atomic E-state index is -4.22. The van der Waals surface area contributed by atoms with Crippen LogP contribution in [0.1, 0.15) is 17.3 Å². The van der Waals surface area contributed by atoms with Crippen molar-refractivity contribution in [3.8, 4) is 5.75 Å². The van der Waals surface area contributed by atoms with Gasteiger partial charge in [0.05, 0.1) is 5.56 Å². The molecule has 0 aliphatic carbocycles. The van der Waals surface area contributed by atoms with Crippen LogP contribution in [0.4, 0.5) is 0 Å². The molecule has 7 nitrogen and oxygen atoms in total. The average Bonchev–Trinajstić information content (AvgIpc) is 2.36. The zero-order valence-corrected chi connectivity index (χ0v) is 13.1. The number of carbonyl (C=O) groups is 2. The molecule has 21 heavy (non-hydrogen) atoms. The summed E-state index contributed by atoms with van der Waals surface area (Å²) in [6.07, 6.45) is -0.951. The molecule has 0 radical (unpaired) electrons. The van der Waals surface area contributed by atoms with Crippen molar-refractivity contribution in [1.29, 1.82) is 0 Å². The number of ether oxygens (including phenoxy) is 1. The van der Waals surface area contributed by atoms with E-state index in [1.807, 2.05) is 0 Å². The molecule has 9 heteroatoms. The molecule has 0 saturated carbocycles. The van der Waals surface area contributed by atoms with Crippen molar-refractivity contribution in [2.75, 3.05) is 14.1 Å². The summed E-state index contributed by atoms with van der Waals surface area (Å²) >= 11 is 0. The van der Waals surface area contributed by atoms with E-state index in [1.165, 1.54) is 25.9 Å². The summed E-state index contributed by atoms with van der Waals surface area (Å²) in [5.74, 6) is -1.87. The SMILES string of the molecule is CC(Oc1ccc(C(=O)O)cc1S(=O)(=O)Cl)C(=O)N(C)C. The van der Waals surface area contributed by atoms with Gasteiger partial charge < -0.3 is 14.7 Å². The molecule has 116 valence electrons. The molecular weight excluding hydrogens is 322 g/mol. The number of aromatic carboxylic acids is 1. The minimum absolute atomic E-state index is 0.183. The molecule has 0 aromatic heterocycles. The zero-order valence-electron chi connectivity index (χ0n) is 11.5. The van der Waals surface area contributed by atoms with Crippen LogP contribution in [-0.2, 0) is 13.8 Å². The normalized spacial score (nSPS) is 12.6. The van der Waals surface area contributed by atoms with Crippen LogP contribution in [0.5, 0.6) is 5.75 Å². The number of hydrogen-bond acceptors (Lipinski definition) is 5. The lowest BCUT2D eigenvalue weighted by Crippen LogP contribution is -2.35. The van der Waals surface area contributed by atoms with E-state index in [2.05, 4.69) is 0 Å². The van der Waals surface area contributed by atoms with E-state index in [0.29, 0.717) is 0 Å². The van der Waals surface area contributed by atoms with Crippen LogP contribution < -0.4 is 4.74 Å². The highest BCUT2D eigenvalue weighted by molar-refractivity contribution is 8.13. The first-order valence-electron chi connectivity index (χ1n) is 5.74. The van der Waals surface area contributed by atoms with Gasteiger partial charge in [0.15, 0.2) is 6.10 Å². The summed E-state index contributed by atoms with van der Waals surface area (Å²) < 4.78 is 28.3. The number of benzene rings is 1. The highest BCUT2D eigenvalue weighted by atomic mass is 35.7. The second-order valence-corrected chi connectivity index (χ2v) is 6.93. The van der Waals surface area contributed by atoms with Gasteiger partial charge in [-0.3, -0.25) is 4.79 Å². The van der Waals surface area contributed by atoms with E-state index in [0.717, 1.165) is 18.2 Å². The zero-order chi connectivity index (χ0) is 16.4. The third-order valence-corrected chi connectivity index (χ3v) is 3.89. The Morgan fingerprint density at radius 1 is 1.33 bits per heavy atom. The predicted molar refractivity (Wildman–Crippen MR) is 75.2 cm³/mol. The van der Waals surface area contributed by atoms with Crippen molar-refractivity contribution >= 4 is 31.6 Å². The van der Waals surface area contributed by atoms with Gasteiger partial charge >= 0.3 is 5.97 Å². The topological polar surface area (TPSA) is 101 Å². The number of carbonyl (C=O) groups excluding carboxylic acids is 1. The smallest absolute Gasteiger partial charge is 0.335 e. The van der Waals surface area contributed by atoms with Crippen molar-refractivity contribution in [1.82, 2.24) is 4.90 Å². The number of rotatable bonds is 5. The summed E-state index contributed by atoms with van der Waals surface area (Å²) in [6.45, 7) is 1.44. The van der Waals surface area contributed by atoms with Crippen LogP contribution in [0.2, 0.25) is 0 Å². The molecule has 0 heterocycles. The van der Waals surface area contributed by atoms with Crippen molar-refractivity contribution in [2.24, 2.45) is 0 Å². The number of hydrogen-bond donors (Lipinski definition) is 1. The van der Waals surface area contributed by atoms with E-state index >= 15 is 0 Å². The van der Waals surface area contributed by atoms with Gasteiger partial charge in [-0.15, -0.1) is 0 Å². The molecule has 1 atom stereocenters. The molecule has 1 aromatic rings. The maximum Gasteiger partial charge on any atom is 0.335 e. The third kappa shape index (κ3) is 4.33. The lowest BCUT2D eigenvalue weighted by atomic mass is 10.2. The maximum absolute atomic E-state index is 11.7. The Kier molecular flexibility index (Phi) is 5.19. The molecule has 0 aliphatic heterocycles. The molecule has 0 saturated heterocycles. The summed E-state index contributed by atoms with van der Waals surface area (Å²) in [7, 11) is 4.09. The Morgan fingerprint density at radius 2 is 1.90 bits per heavy atom. The summed E-state index contributed by atoms with van der Waals surface area (Å²) in [5.41, 5.74) is -0.256. The largest absolute Gasteiger partial charge is 0.479 e. The lowest BCUT2D eigenvalue weighted by molar-refractivity contribution is -0.135. The molecule has 1 rings (SSSR count). The maximum atomic E-state index is 11.7. The van der Waals surface area contributed by atoms with Crippen LogP contribution in [0.25, 0.3) is 0 Å². The third-order valence-electron chi connectivity index (χ3n) is 2.55. The fourth-order valence-electron chi connectivity index (χ4n) is 1.53. The van der Waals surface area contributed by atoms with Crippen LogP contribution in [0, 0.1) is 0 Å². The molecule has 0 aliphatic rings. The molecule has 1 amide bonds. The lowest BCUT2D eigenvalue weighted by Gasteiger charge is -2.19. The van der Waals surface area contributed by atoms with Gasteiger partial charge in [0.1, 0.15) is 10.6 Å². The Labute approximate surface area is 126 Å². The fourth-order valence-corrected chi connectivity index (χ4v) is 2.52. The van der Waals surface area contributed by atoms with Crippen LogP contribution in [-0.4, -0.2) is 50.5 Å². The first-order valence-corrected chi connectivity index (χ1v) is 8.04. The van der Waals surface area contributed by atoms with Crippen LogP contribution in [0.3, 0.4) is 0 Å². The van der Waals surface area contributed by atoms with Gasteiger partial charge in [0, 0.05) is 24.8 Å². The van der Waals surface area contributed by atoms with Gasteiger partial charge in [-0.05, 0) is 25.1 Å². The van der Waals surface area contributed by atoms with Gasteiger partial charge in [-0.1, -0.05) is 0 Å². The van der Waals surface area contributed by atoms with Gasteiger partial charge in [-0.2, -0.15) is 0 Å². The van der Waals surface area contributed by atoms with Gasteiger partial charge in [0.2, 0.25) is 0 Å². The van der Waals surface area contributed by atoms with E-state index in [9.17, 15) is 18.0 Å². The molecule has 1 N–H and O–H groups in total. The molecule has 0 bridgehead atoms. The number of amides is 1. The first kappa shape index (κ1) is 17.3. The Balaban J connectivity index is 3.24. The van der Waals surface area contributed by atoms with Gasteiger partial charge in [0.25, 0.3) is 15.0 Å². The number of carboxylic acids is 1. The summed E-state index contributed by atoms with van der Waals surface area (Å²) in [4.78, 5) is 23.4. The second kappa shape index (κ2) is 6.31.